The molecule has 4 rings (SSSR count). The monoisotopic (exact) mass is 444 g/mol. The molecule has 0 aliphatic heterocycles. The van der Waals surface area contributed by atoms with Crippen LogP contribution in [0.5, 0.6) is 0 Å². The fraction of sp³-hybridized carbons (Fsp3) is 0.370. The summed E-state index contributed by atoms with van der Waals surface area (Å²) in [5.41, 5.74) is 6.31. The van der Waals surface area contributed by atoms with Gasteiger partial charge < -0.3 is 10.6 Å². The van der Waals surface area contributed by atoms with Crippen molar-refractivity contribution in [3.05, 3.63) is 82.7 Å². The standard InChI is InChI=1S/C27H32N4O2/c1-27(2,3)20-14-12-19(13-15-20)26(33)28-17-16-25(32)29-18-23-22-10-7-11-24(22)31(30-23)21-8-5-4-6-9-21/h4-6,8-9,12-15H,7,10-11,16-18H2,1-3H3,(H,28,33)(H,29,32). The highest BCUT2D eigenvalue weighted by Crippen LogP contribution is 2.27. The highest BCUT2D eigenvalue weighted by atomic mass is 16.2. The second-order valence-electron chi connectivity index (χ2n) is 9.58. The summed E-state index contributed by atoms with van der Waals surface area (Å²) in [5.74, 6) is -0.262. The number of hydrogen-bond acceptors (Lipinski definition) is 3. The van der Waals surface area contributed by atoms with E-state index in [1.54, 1.807) is 0 Å². The largest absolute Gasteiger partial charge is 0.352 e. The van der Waals surface area contributed by atoms with Crippen LogP contribution in [0, 0.1) is 0 Å². The van der Waals surface area contributed by atoms with E-state index < -0.39 is 0 Å². The molecular formula is C27H32N4O2. The Morgan fingerprint density at radius 3 is 2.39 bits per heavy atom. The van der Waals surface area contributed by atoms with Crippen molar-refractivity contribution in [3.63, 3.8) is 0 Å². The lowest BCUT2D eigenvalue weighted by molar-refractivity contribution is -0.121. The molecule has 0 fully saturated rings. The van der Waals surface area contributed by atoms with E-state index in [1.807, 2.05) is 59.3 Å². The van der Waals surface area contributed by atoms with Gasteiger partial charge in [-0.05, 0) is 60.1 Å². The van der Waals surface area contributed by atoms with Gasteiger partial charge in [0, 0.05) is 24.2 Å². The first-order valence-corrected chi connectivity index (χ1v) is 11.6. The maximum atomic E-state index is 12.4. The van der Waals surface area contributed by atoms with E-state index >= 15 is 0 Å². The average molecular weight is 445 g/mol. The van der Waals surface area contributed by atoms with Crippen LogP contribution in [0.25, 0.3) is 5.69 Å². The second-order valence-corrected chi connectivity index (χ2v) is 9.58. The van der Waals surface area contributed by atoms with Gasteiger partial charge in [-0.3, -0.25) is 9.59 Å². The van der Waals surface area contributed by atoms with Gasteiger partial charge in [0.1, 0.15) is 0 Å². The molecule has 2 aromatic carbocycles. The molecule has 6 nitrogen and oxygen atoms in total. The Kier molecular flexibility index (Phi) is 6.63. The molecule has 6 heteroatoms. The molecule has 1 heterocycles. The Morgan fingerprint density at radius 2 is 1.70 bits per heavy atom. The van der Waals surface area contributed by atoms with Gasteiger partial charge in [0.25, 0.3) is 5.91 Å². The lowest BCUT2D eigenvalue weighted by Crippen LogP contribution is -2.30. The van der Waals surface area contributed by atoms with Gasteiger partial charge in [0.05, 0.1) is 17.9 Å². The molecule has 3 aromatic rings. The van der Waals surface area contributed by atoms with E-state index in [0.29, 0.717) is 18.7 Å². The van der Waals surface area contributed by atoms with Crippen LogP contribution >= 0.6 is 0 Å². The molecule has 0 bridgehead atoms. The van der Waals surface area contributed by atoms with Crippen molar-refractivity contribution in [2.24, 2.45) is 0 Å². The van der Waals surface area contributed by atoms with Crippen LogP contribution in [-0.2, 0) is 29.6 Å². The number of amides is 2. The van der Waals surface area contributed by atoms with Gasteiger partial charge in [-0.15, -0.1) is 0 Å². The van der Waals surface area contributed by atoms with Crippen molar-refractivity contribution >= 4 is 11.8 Å². The molecule has 172 valence electrons. The van der Waals surface area contributed by atoms with Crippen LogP contribution in [0.15, 0.2) is 54.6 Å². The summed E-state index contributed by atoms with van der Waals surface area (Å²) >= 11 is 0. The van der Waals surface area contributed by atoms with E-state index in [-0.39, 0.29) is 23.7 Å². The van der Waals surface area contributed by atoms with Crippen molar-refractivity contribution in [2.45, 2.75) is 58.4 Å². The molecule has 1 aliphatic carbocycles. The molecule has 0 spiro atoms. The van der Waals surface area contributed by atoms with Crippen molar-refractivity contribution in [2.75, 3.05) is 6.54 Å². The minimum absolute atomic E-state index is 0.0458. The topological polar surface area (TPSA) is 76.0 Å². The van der Waals surface area contributed by atoms with Crippen LogP contribution in [0.1, 0.15) is 66.5 Å². The van der Waals surface area contributed by atoms with Gasteiger partial charge >= 0.3 is 0 Å². The molecule has 1 aliphatic rings. The average Bonchev–Trinajstić information content (AvgIpc) is 3.41. The Bertz CT molecular complexity index is 1130. The van der Waals surface area contributed by atoms with E-state index in [4.69, 9.17) is 5.10 Å². The number of carbonyl (C=O) groups excluding carboxylic acids is 2. The minimum atomic E-state index is -0.164. The van der Waals surface area contributed by atoms with E-state index in [0.717, 1.165) is 30.6 Å². The normalized spacial score (nSPS) is 12.9. The Labute approximate surface area is 195 Å². The Hall–Kier alpha value is -3.41. The van der Waals surface area contributed by atoms with Crippen LogP contribution in [0.2, 0.25) is 0 Å². The number of aromatic nitrogens is 2. The number of benzene rings is 2. The highest BCUT2D eigenvalue weighted by Gasteiger charge is 2.23. The zero-order valence-electron chi connectivity index (χ0n) is 19.6. The zero-order valence-corrected chi connectivity index (χ0v) is 19.6. The fourth-order valence-electron chi connectivity index (χ4n) is 4.22. The van der Waals surface area contributed by atoms with Crippen molar-refractivity contribution < 1.29 is 9.59 Å². The molecule has 0 saturated heterocycles. The third-order valence-corrected chi connectivity index (χ3v) is 6.12. The molecule has 2 N–H and O–H groups in total. The number of carbonyl (C=O) groups is 2. The quantitative estimate of drug-likeness (QED) is 0.576. The van der Waals surface area contributed by atoms with Crippen molar-refractivity contribution in [1.82, 2.24) is 20.4 Å². The highest BCUT2D eigenvalue weighted by molar-refractivity contribution is 5.94. The summed E-state index contributed by atoms with van der Waals surface area (Å²) in [6.07, 6.45) is 3.35. The summed E-state index contributed by atoms with van der Waals surface area (Å²) in [7, 11) is 0. The summed E-state index contributed by atoms with van der Waals surface area (Å²) in [6.45, 7) is 7.12. The predicted octanol–water partition coefficient (Wildman–Crippen LogP) is 4.09. The molecule has 0 radical (unpaired) electrons. The second kappa shape index (κ2) is 9.61. The van der Waals surface area contributed by atoms with E-state index in [9.17, 15) is 9.59 Å². The number of nitrogens with zero attached hydrogens (tertiary/aromatic N) is 2. The van der Waals surface area contributed by atoms with Crippen LogP contribution in [-0.4, -0.2) is 28.1 Å². The number of hydrogen-bond donors (Lipinski definition) is 2. The molecule has 33 heavy (non-hydrogen) atoms. The molecule has 2 amide bonds. The summed E-state index contributed by atoms with van der Waals surface area (Å²) < 4.78 is 2.01. The third kappa shape index (κ3) is 5.33. The van der Waals surface area contributed by atoms with Gasteiger partial charge in [0.15, 0.2) is 0 Å². The lowest BCUT2D eigenvalue weighted by atomic mass is 9.87. The number of para-hydroxylation sites is 1. The van der Waals surface area contributed by atoms with Gasteiger partial charge in [-0.2, -0.15) is 5.10 Å². The lowest BCUT2D eigenvalue weighted by Gasteiger charge is -2.19. The van der Waals surface area contributed by atoms with Gasteiger partial charge in [-0.25, -0.2) is 4.68 Å². The molecule has 0 atom stereocenters. The van der Waals surface area contributed by atoms with Gasteiger partial charge in [0.2, 0.25) is 5.91 Å². The summed E-state index contributed by atoms with van der Waals surface area (Å²) in [4.78, 5) is 24.7. The Balaban J connectivity index is 1.28. The summed E-state index contributed by atoms with van der Waals surface area (Å²) in [6, 6.07) is 17.7. The smallest absolute Gasteiger partial charge is 0.251 e. The number of nitrogens with one attached hydrogen (secondary N) is 2. The fourth-order valence-corrected chi connectivity index (χ4v) is 4.22. The molecular weight excluding hydrogens is 412 g/mol. The first kappa shape index (κ1) is 22.8. The maximum absolute atomic E-state index is 12.4. The van der Waals surface area contributed by atoms with Crippen LogP contribution in [0.4, 0.5) is 0 Å². The van der Waals surface area contributed by atoms with Crippen molar-refractivity contribution in [1.29, 1.82) is 0 Å². The van der Waals surface area contributed by atoms with E-state index in [2.05, 4.69) is 31.4 Å². The number of rotatable bonds is 7. The third-order valence-electron chi connectivity index (χ3n) is 6.12. The molecule has 0 unspecified atom stereocenters. The van der Waals surface area contributed by atoms with Crippen LogP contribution in [0.3, 0.4) is 0 Å². The Morgan fingerprint density at radius 1 is 0.970 bits per heavy atom. The summed E-state index contributed by atoms with van der Waals surface area (Å²) in [5, 5.41) is 10.6. The van der Waals surface area contributed by atoms with E-state index in [1.165, 1.54) is 16.8 Å². The zero-order chi connectivity index (χ0) is 23.4. The molecule has 0 saturated carbocycles. The van der Waals surface area contributed by atoms with Gasteiger partial charge in [-0.1, -0.05) is 51.1 Å². The minimum Gasteiger partial charge on any atom is -0.352 e. The number of fused-ring (bicyclic) bond motifs is 1. The molecule has 1 aromatic heterocycles. The first-order valence-electron chi connectivity index (χ1n) is 11.6. The first-order chi connectivity index (χ1) is 15.8. The van der Waals surface area contributed by atoms with Crippen molar-refractivity contribution in [3.8, 4) is 5.69 Å². The predicted molar refractivity (Wildman–Crippen MR) is 130 cm³/mol. The maximum Gasteiger partial charge on any atom is 0.251 e. The van der Waals surface area contributed by atoms with Crippen LogP contribution < -0.4 is 10.6 Å². The SMILES string of the molecule is CC(C)(C)c1ccc(C(=O)NCCC(=O)NCc2nn(-c3ccccc3)c3c2CCC3)cc1.